The van der Waals surface area contributed by atoms with E-state index in [1.54, 1.807) is 0 Å². The number of allylic oxidation sites excluding steroid dienone is 3. The monoisotopic (exact) mass is 206 g/mol. The molecular weight excluding hydrogens is 184 g/mol. The van der Waals surface area contributed by atoms with E-state index in [9.17, 15) is 5.11 Å². The number of aliphatic hydroxyl groups is 1. The van der Waals surface area contributed by atoms with E-state index in [-0.39, 0.29) is 5.41 Å². The van der Waals surface area contributed by atoms with Gasteiger partial charge in [-0.2, -0.15) is 0 Å². The molecule has 1 nitrogen and oxygen atoms in total. The molecule has 1 heteroatoms. The Bertz CT molecular complexity index is 311. The summed E-state index contributed by atoms with van der Waals surface area (Å²) in [6, 6.07) is 0. The van der Waals surface area contributed by atoms with Crippen molar-refractivity contribution >= 4 is 0 Å². The quantitative estimate of drug-likeness (QED) is 0.602. The van der Waals surface area contributed by atoms with E-state index in [0.29, 0.717) is 5.92 Å². The fourth-order valence-electron chi connectivity index (χ4n) is 3.28. The molecule has 3 unspecified atom stereocenters. The summed E-state index contributed by atoms with van der Waals surface area (Å²) < 4.78 is 0. The lowest BCUT2D eigenvalue weighted by Gasteiger charge is -2.52. The van der Waals surface area contributed by atoms with E-state index in [1.165, 1.54) is 5.57 Å². The van der Waals surface area contributed by atoms with Crippen LogP contribution in [0.5, 0.6) is 0 Å². The number of rotatable bonds is 0. The van der Waals surface area contributed by atoms with Crippen LogP contribution < -0.4 is 0 Å². The Labute approximate surface area is 92.9 Å². The first-order valence-electron chi connectivity index (χ1n) is 6.04. The standard InChI is InChI=1S/C14H22O/c1-11-6-9-14(10-7-11)12(2)5-4-8-13(14,3)15/h4,6,8,12,15H,5,7,9-10H2,1-3H3. The van der Waals surface area contributed by atoms with E-state index in [2.05, 4.69) is 26.0 Å². The van der Waals surface area contributed by atoms with Crippen molar-refractivity contribution in [1.29, 1.82) is 0 Å². The molecular formula is C14H22O. The van der Waals surface area contributed by atoms with Crippen molar-refractivity contribution in [2.45, 2.75) is 52.1 Å². The van der Waals surface area contributed by atoms with E-state index in [0.717, 1.165) is 25.7 Å². The summed E-state index contributed by atoms with van der Waals surface area (Å²) in [6.45, 7) is 6.46. The van der Waals surface area contributed by atoms with Crippen molar-refractivity contribution in [3.8, 4) is 0 Å². The molecule has 1 N–H and O–H groups in total. The fourth-order valence-corrected chi connectivity index (χ4v) is 3.28. The second kappa shape index (κ2) is 3.48. The first-order valence-corrected chi connectivity index (χ1v) is 6.04. The molecule has 0 aromatic rings. The molecule has 0 saturated heterocycles. The minimum atomic E-state index is -0.623. The van der Waals surface area contributed by atoms with Gasteiger partial charge in [0.2, 0.25) is 0 Å². The van der Waals surface area contributed by atoms with Gasteiger partial charge in [-0.15, -0.1) is 0 Å². The average Bonchev–Trinajstić information content (AvgIpc) is 2.16. The molecule has 0 aliphatic heterocycles. The molecule has 0 radical (unpaired) electrons. The lowest BCUT2D eigenvalue weighted by atomic mass is 9.56. The van der Waals surface area contributed by atoms with Gasteiger partial charge in [-0.25, -0.2) is 0 Å². The lowest BCUT2D eigenvalue weighted by molar-refractivity contribution is -0.0781. The van der Waals surface area contributed by atoms with Crippen LogP contribution in [0.25, 0.3) is 0 Å². The maximum absolute atomic E-state index is 10.6. The summed E-state index contributed by atoms with van der Waals surface area (Å²) in [5, 5.41) is 10.6. The van der Waals surface area contributed by atoms with E-state index < -0.39 is 5.60 Å². The van der Waals surface area contributed by atoms with Crippen molar-refractivity contribution in [2.75, 3.05) is 0 Å². The van der Waals surface area contributed by atoms with Crippen LogP contribution in [0, 0.1) is 11.3 Å². The van der Waals surface area contributed by atoms with Crippen LogP contribution in [0.1, 0.15) is 46.5 Å². The van der Waals surface area contributed by atoms with Gasteiger partial charge >= 0.3 is 0 Å². The van der Waals surface area contributed by atoms with Crippen LogP contribution in [0.15, 0.2) is 23.8 Å². The summed E-state index contributed by atoms with van der Waals surface area (Å²) in [5.74, 6) is 0.585. The molecule has 2 rings (SSSR count). The highest BCUT2D eigenvalue weighted by molar-refractivity contribution is 5.21. The Morgan fingerprint density at radius 1 is 1.47 bits per heavy atom. The maximum atomic E-state index is 10.6. The molecule has 0 bridgehead atoms. The van der Waals surface area contributed by atoms with Crippen LogP contribution in [-0.4, -0.2) is 10.7 Å². The van der Waals surface area contributed by atoms with Crippen LogP contribution in [-0.2, 0) is 0 Å². The topological polar surface area (TPSA) is 20.2 Å². The van der Waals surface area contributed by atoms with Gasteiger partial charge in [0, 0.05) is 5.41 Å². The van der Waals surface area contributed by atoms with Crippen molar-refractivity contribution in [1.82, 2.24) is 0 Å². The molecule has 0 fully saturated rings. The van der Waals surface area contributed by atoms with Crippen molar-refractivity contribution in [3.05, 3.63) is 23.8 Å². The normalized spacial score (nSPS) is 45.6. The minimum Gasteiger partial charge on any atom is -0.385 e. The molecule has 0 saturated carbocycles. The highest BCUT2D eigenvalue weighted by atomic mass is 16.3. The van der Waals surface area contributed by atoms with Crippen LogP contribution in [0.2, 0.25) is 0 Å². The number of hydrogen-bond acceptors (Lipinski definition) is 1. The summed E-state index contributed by atoms with van der Waals surface area (Å²) in [7, 11) is 0. The molecule has 0 heterocycles. The van der Waals surface area contributed by atoms with Crippen molar-refractivity contribution in [2.24, 2.45) is 11.3 Å². The van der Waals surface area contributed by atoms with Gasteiger partial charge < -0.3 is 5.11 Å². The Morgan fingerprint density at radius 3 is 2.73 bits per heavy atom. The summed E-state index contributed by atoms with van der Waals surface area (Å²) in [4.78, 5) is 0. The van der Waals surface area contributed by atoms with Crippen LogP contribution >= 0.6 is 0 Å². The Morgan fingerprint density at radius 2 is 2.20 bits per heavy atom. The smallest absolute Gasteiger partial charge is 0.0861 e. The summed E-state index contributed by atoms with van der Waals surface area (Å²) in [5.41, 5.74) is 0.946. The molecule has 0 amide bonds. The van der Waals surface area contributed by atoms with Gasteiger partial charge in [0.05, 0.1) is 5.60 Å². The Hall–Kier alpha value is -0.560. The Balaban J connectivity index is 2.36. The van der Waals surface area contributed by atoms with Gasteiger partial charge in [0.15, 0.2) is 0 Å². The largest absolute Gasteiger partial charge is 0.385 e. The number of hydrogen-bond donors (Lipinski definition) is 1. The maximum Gasteiger partial charge on any atom is 0.0861 e. The molecule has 0 aromatic carbocycles. The first kappa shape index (κ1) is 10.9. The minimum absolute atomic E-state index is 0.0846. The third-order valence-corrected chi connectivity index (χ3v) is 4.66. The third-order valence-electron chi connectivity index (χ3n) is 4.66. The first-order chi connectivity index (χ1) is 6.98. The van der Waals surface area contributed by atoms with Gasteiger partial charge in [-0.1, -0.05) is 30.7 Å². The SMILES string of the molecule is CC1=CCC2(CC1)C(C)CC=CC2(C)O. The molecule has 3 atom stereocenters. The zero-order valence-corrected chi connectivity index (χ0v) is 10.1. The highest BCUT2D eigenvalue weighted by Gasteiger charge is 2.50. The average molecular weight is 206 g/mol. The third kappa shape index (κ3) is 1.57. The van der Waals surface area contributed by atoms with Gasteiger partial charge in [-0.3, -0.25) is 0 Å². The predicted octanol–water partition coefficient (Wildman–Crippen LogP) is 3.45. The lowest BCUT2D eigenvalue weighted by Crippen LogP contribution is -2.51. The molecule has 2 aliphatic rings. The van der Waals surface area contributed by atoms with Gasteiger partial charge in [-0.05, 0) is 45.4 Å². The van der Waals surface area contributed by atoms with E-state index in [1.807, 2.05) is 13.0 Å². The summed E-state index contributed by atoms with van der Waals surface area (Å²) >= 11 is 0. The summed E-state index contributed by atoms with van der Waals surface area (Å²) in [6.07, 6.45) is 10.9. The second-order valence-electron chi connectivity index (χ2n) is 5.60. The molecule has 84 valence electrons. The Kier molecular flexibility index (Phi) is 2.54. The van der Waals surface area contributed by atoms with E-state index >= 15 is 0 Å². The van der Waals surface area contributed by atoms with Gasteiger partial charge in [0.1, 0.15) is 0 Å². The molecule has 15 heavy (non-hydrogen) atoms. The zero-order valence-electron chi connectivity index (χ0n) is 10.1. The predicted molar refractivity (Wildman–Crippen MR) is 63.6 cm³/mol. The van der Waals surface area contributed by atoms with E-state index in [4.69, 9.17) is 0 Å². The molecule has 1 spiro atoms. The van der Waals surface area contributed by atoms with Crippen molar-refractivity contribution < 1.29 is 5.11 Å². The molecule has 0 aromatic heterocycles. The van der Waals surface area contributed by atoms with Gasteiger partial charge in [0.25, 0.3) is 0 Å². The second-order valence-corrected chi connectivity index (χ2v) is 5.60. The fraction of sp³-hybridized carbons (Fsp3) is 0.714. The zero-order chi connectivity index (χ0) is 11.1. The van der Waals surface area contributed by atoms with Crippen molar-refractivity contribution in [3.63, 3.8) is 0 Å². The van der Waals surface area contributed by atoms with Crippen LogP contribution in [0.4, 0.5) is 0 Å². The molecule has 2 aliphatic carbocycles. The highest BCUT2D eigenvalue weighted by Crippen LogP contribution is 2.53. The van der Waals surface area contributed by atoms with Crippen LogP contribution in [0.3, 0.4) is 0 Å².